The average molecular weight is 852 g/mol. The van der Waals surface area contributed by atoms with E-state index in [4.69, 9.17) is 0 Å². The number of anilines is 15. The smallest absolute Gasteiger partial charge is 0.252 e. The highest BCUT2D eigenvalue weighted by Crippen LogP contribution is 2.57. The van der Waals surface area contributed by atoms with Gasteiger partial charge in [0.2, 0.25) is 0 Å². The highest BCUT2D eigenvalue weighted by Gasteiger charge is 2.52. The summed E-state index contributed by atoms with van der Waals surface area (Å²) in [5.74, 6) is 0. The predicted octanol–water partition coefficient (Wildman–Crippen LogP) is 11.6. The van der Waals surface area contributed by atoms with Crippen LogP contribution in [0.25, 0.3) is 0 Å². The van der Waals surface area contributed by atoms with Gasteiger partial charge in [-0.2, -0.15) is 0 Å². The molecular weight excluding hydrogens is 812 g/mol. The van der Waals surface area contributed by atoms with E-state index >= 15 is 0 Å². The van der Waals surface area contributed by atoms with Crippen LogP contribution in [0.3, 0.4) is 0 Å². The molecule has 0 radical (unpaired) electrons. The third-order valence-electron chi connectivity index (χ3n) is 14.7. The third kappa shape index (κ3) is 5.00. The Kier molecular flexibility index (Phi) is 7.61. The first-order valence-corrected chi connectivity index (χ1v) is 23.3. The Morgan fingerprint density at radius 3 is 0.940 bits per heavy atom. The molecule has 0 amide bonds. The molecule has 5 aliphatic heterocycles. The maximum atomic E-state index is 2.61. The molecule has 5 heterocycles. The molecule has 0 saturated heterocycles. The number of fused-ring (bicyclic) bond motifs is 12. The molecule has 0 saturated carbocycles. The van der Waals surface area contributed by atoms with Crippen LogP contribution >= 0.6 is 0 Å². The van der Waals surface area contributed by atoms with Gasteiger partial charge in [0.05, 0.1) is 22.7 Å². The molecule has 5 nitrogen and oxygen atoms in total. The van der Waals surface area contributed by atoms with Gasteiger partial charge >= 0.3 is 0 Å². The summed E-state index contributed by atoms with van der Waals surface area (Å²) in [6, 6.07) is 87.6. The van der Waals surface area contributed by atoms with E-state index in [9.17, 15) is 0 Å². The van der Waals surface area contributed by atoms with Crippen LogP contribution in [-0.4, -0.2) is 13.4 Å². The standard InChI is InChI=1S/C60H39B2N5/c1-5-21-40(22-6-1)63-48-32-16-13-29-44(48)61-45-30-14-17-33-49(45)67-50-34-18-15-31-46(50)62-47-37-54-55(38-53(47)66(43-27-11-4-12-28-43)57-39-56(63)58(61)60(67)59(57)62)65(42-25-9-3-10-26-42)52-36-20-19-35-51(52)64(54)41-23-7-2-8-24-41/h1-39H. The van der Waals surface area contributed by atoms with Gasteiger partial charge < -0.3 is 24.5 Å². The second-order valence-electron chi connectivity index (χ2n) is 18.0. The quantitative estimate of drug-likeness (QED) is 0.164. The molecule has 10 aromatic rings. The lowest BCUT2D eigenvalue weighted by Crippen LogP contribution is -2.68. The molecule has 10 aromatic carbocycles. The highest BCUT2D eigenvalue weighted by atomic mass is 15.3. The van der Waals surface area contributed by atoms with E-state index in [2.05, 4.69) is 261 Å². The Bertz CT molecular complexity index is 3630. The van der Waals surface area contributed by atoms with Gasteiger partial charge in [-0.05, 0) is 130 Å². The van der Waals surface area contributed by atoms with Crippen molar-refractivity contribution < 1.29 is 0 Å². The zero-order valence-electron chi connectivity index (χ0n) is 36.4. The molecule has 0 bridgehead atoms. The third-order valence-corrected chi connectivity index (χ3v) is 14.7. The molecule has 15 rings (SSSR count). The summed E-state index contributed by atoms with van der Waals surface area (Å²) in [5.41, 5.74) is 25.5. The summed E-state index contributed by atoms with van der Waals surface area (Å²) in [4.78, 5) is 12.6. The summed E-state index contributed by atoms with van der Waals surface area (Å²) >= 11 is 0. The minimum atomic E-state index is -0.0729. The van der Waals surface area contributed by atoms with Gasteiger partial charge in [-0.3, -0.25) is 0 Å². The minimum absolute atomic E-state index is 0.0319. The molecule has 0 atom stereocenters. The number of nitrogens with zero attached hydrogens (tertiary/aromatic N) is 5. The van der Waals surface area contributed by atoms with Crippen LogP contribution in [-0.2, 0) is 0 Å². The molecule has 7 heteroatoms. The van der Waals surface area contributed by atoms with Crippen molar-refractivity contribution in [3.8, 4) is 0 Å². The first-order chi connectivity index (χ1) is 33.3. The van der Waals surface area contributed by atoms with Crippen molar-refractivity contribution in [2.45, 2.75) is 0 Å². The van der Waals surface area contributed by atoms with Crippen LogP contribution in [0.15, 0.2) is 237 Å². The minimum Gasteiger partial charge on any atom is -0.312 e. The van der Waals surface area contributed by atoms with Crippen molar-refractivity contribution in [3.05, 3.63) is 237 Å². The summed E-state index contributed by atoms with van der Waals surface area (Å²) < 4.78 is 0. The van der Waals surface area contributed by atoms with E-state index in [-0.39, 0.29) is 13.4 Å². The van der Waals surface area contributed by atoms with Crippen molar-refractivity contribution in [3.63, 3.8) is 0 Å². The van der Waals surface area contributed by atoms with Gasteiger partial charge in [-0.25, -0.2) is 0 Å². The van der Waals surface area contributed by atoms with Crippen LogP contribution in [0.2, 0.25) is 0 Å². The molecule has 0 fully saturated rings. The van der Waals surface area contributed by atoms with Crippen molar-refractivity contribution in [1.29, 1.82) is 0 Å². The number of benzene rings is 10. The number of hydrogen-bond acceptors (Lipinski definition) is 5. The molecule has 0 aromatic heterocycles. The maximum absolute atomic E-state index is 2.61. The SMILES string of the molecule is c1ccc(N2c3ccccc3N(c3ccccc3)c3cc4c(cc32)B2c3ccccc3N3c5ccccc5B5c6ccccc6N(c6ccccc6)c6cc(c2c3c65)N4c2ccccc2)cc1. The lowest BCUT2D eigenvalue weighted by atomic mass is 9.28. The molecule has 0 aliphatic carbocycles. The maximum Gasteiger partial charge on any atom is 0.252 e. The summed E-state index contributed by atoms with van der Waals surface area (Å²) in [6.07, 6.45) is 0. The fourth-order valence-electron chi connectivity index (χ4n) is 12.1. The van der Waals surface area contributed by atoms with Gasteiger partial charge in [-0.15, -0.1) is 0 Å². The van der Waals surface area contributed by atoms with Crippen molar-refractivity contribution >= 4 is 132 Å². The van der Waals surface area contributed by atoms with Gasteiger partial charge in [0.15, 0.2) is 0 Å². The number of rotatable bonds is 4. The monoisotopic (exact) mass is 851 g/mol. The summed E-state index contributed by atoms with van der Waals surface area (Å²) in [5, 5.41) is 0. The van der Waals surface area contributed by atoms with E-state index in [1.807, 2.05) is 0 Å². The zero-order valence-corrected chi connectivity index (χ0v) is 36.4. The van der Waals surface area contributed by atoms with E-state index in [0.29, 0.717) is 0 Å². The lowest BCUT2D eigenvalue weighted by Gasteiger charge is -2.51. The van der Waals surface area contributed by atoms with Gasteiger partial charge in [-0.1, -0.05) is 140 Å². The first-order valence-electron chi connectivity index (χ1n) is 23.3. The van der Waals surface area contributed by atoms with Crippen LogP contribution in [0.1, 0.15) is 0 Å². The highest BCUT2D eigenvalue weighted by molar-refractivity contribution is 7.04. The second kappa shape index (κ2) is 13.9. The fraction of sp³-hybridized carbons (Fsp3) is 0. The Morgan fingerprint density at radius 2 is 0.507 bits per heavy atom. The number of hydrogen-bond donors (Lipinski definition) is 0. The molecular formula is C60H39B2N5. The Balaban J connectivity index is 1.10. The zero-order chi connectivity index (χ0) is 43.7. The van der Waals surface area contributed by atoms with Gasteiger partial charge in [0.1, 0.15) is 0 Å². The molecule has 310 valence electrons. The molecule has 0 unspecified atom stereocenters. The molecule has 0 spiro atoms. The van der Waals surface area contributed by atoms with Crippen molar-refractivity contribution in [2.24, 2.45) is 0 Å². The lowest BCUT2D eigenvalue weighted by molar-refractivity contribution is 1.16. The Labute approximate surface area is 390 Å². The molecule has 5 aliphatic rings. The molecule has 67 heavy (non-hydrogen) atoms. The molecule has 0 N–H and O–H groups in total. The van der Waals surface area contributed by atoms with Gasteiger partial charge in [0, 0.05) is 62.6 Å². The van der Waals surface area contributed by atoms with E-state index < -0.39 is 0 Å². The van der Waals surface area contributed by atoms with Crippen LogP contribution in [0.4, 0.5) is 85.3 Å². The van der Waals surface area contributed by atoms with Crippen LogP contribution in [0.5, 0.6) is 0 Å². The van der Waals surface area contributed by atoms with Crippen LogP contribution < -0.4 is 57.3 Å². The predicted molar refractivity (Wildman–Crippen MR) is 283 cm³/mol. The second-order valence-corrected chi connectivity index (χ2v) is 18.0. The average Bonchev–Trinajstić information content (AvgIpc) is 3.40. The normalized spacial score (nSPS) is 14.1. The first kappa shape index (κ1) is 36.6. The topological polar surface area (TPSA) is 16.2 Å². The van der Waals surface area contributed by atoms with Crippen LogP contribution in [0, 0.1) is 0 Å². The van der Waals surface area contributed by atoms with Crippen molar-refractivity contribution in [2.75, 3.05) is 24.5 Å². The summed E-state index contributed by atoms with van der Waals surface area (Å²) in [6.45, 7) is -0.0410. The Hall–Kier alpha value is -8.67. The Morgan fingerprint density at radius 1 is 0.209 bits per heavy atom. The fourth-order valence-corrected chi connectivity index (χ4v) is 12.1. The van der Waals surface area contributed by atoms with E-state index in [0.717, 1.165) is 45.5 Å². The van der Waals surface area contributed by atoms with E-state index in [1.165, 1.54) is 72.6 Å². The largest absolute Gasteiger partial charge is 0.312 e. The number of para-hydroxylation sites is 9. The summed E-state index contributed by atoms with van der Waals surface area (Å²) in [7, 11) is 0. The van der Waals surface area contributed by atoms with Gasteiger partial charge in [0.25, 0.3) is 13.4 Å². The van der Waals surface area contributed by atoms with Crippen molar-refractivity contribution in [1.82, 2.24) is 0 Å². The van der Waals surface area contributed by atoms with E-state index in [1.54, 1.807) is 0 Å².